The number of halogens is 3. The molecule has 15 heavy (non-hydrogen) atoms. The summed E-state index contributed by atoms with van der Waals surface area (Å²) in [4.78, 5) is 0. The van der Waals surface area contributed by atoms with Crippen LogP contribution in [0, 0.1) is 5.92 Å². The van der Waals surface area contributed by atoms with Crippen molar-refractivity contribution in [3.05, 3.63) is 23.0 Å². The molecular weight excluding hydrogens is 201 g/mol. The molecule has 0 radical (unpaired) electrons. The molecule has 0 aromatic carbocycles. The molecule has 1 aliphatic rings. The van der Waals surface area contributed by atoms with Gasteiger partial charge in [0.05, 0.1) is 0 Å². The van der Waals surface area contributed by atoms with Crippen LogP contribution in [-0.2, 0) is 0 Å². The molecule has 1 aliphatic carbocycles. The largest absolute Gasteiger partial charge is 0.270 e. The lowest BCUT2D eigenvalue weighted by Gasteiger charge is -2.25. The molecule has 0 saturated carbocycles. The Hall–Kier alpha value is -0.730. The molecule has 0 aromatic heterocycles. The Kier molecular flexibility index (Phi) is 3.63. The molecule has 0 aromatic rings. The van der Waals surface area contributed by atoms with Gasteiger partial charge in [0.25, 0.3) is 5.92 Å². The lowest BCUT2D eigenvalue weighted by molar-refractivity contribution is 0.0638. The summed E-state index contributed by atoms with van der Waals surface area (Å²) in [5.41, 5.74) is -0.0143. The summed E-state index contributed by atoms with van der Waals surface area (Å²) in [6, 6.07) is 0. The van der Waals surface area contributed by atoms with E-state index in [0.717, 1.165) is 19.8 Å². The van der Waals surface area contributed by atoms with Crippen molar-refractivity contribution in [3.63, 3.8) is 0 Å². The van der Waals surface area contributed by atoms with Gasteiger partial charge < -0.3 is 0 Å². The molecule has 1 unspecified atom stereocenters. The fourth-order valence-corrected chi connectivity index (χ4v) is 1.98. The van der Waals surface area contributed by atoms with E-state index < -0.39 is 5.92 Å². The molecule has 0 nitrogen and oxygen atoms in total. The van der Waals surface area contributed by atoms with Crippen LogP contribution >= 0.6 is 0 Å². The minimum atomic E-state index is -2.94. The van der Waals surface area contributed by atoms with Gasteiger partial charge in [0.1, 0.15) is 5.83 Å². The average Bonchev–Trinajstić information content (AvgIpc) is 2.09. The van der Waals surface area contributed by atoms with Gasteiger partial charge in [0.2, 0.25) is 0 Å². The quantitative estimate of drug-likeness (QED) is 0.647. The second-order valence-corrected chi connectivity index (χ2v) is 4.25. The van der Waals surface area contributed by atoms with Crippen molar-refractivity contribution < 1.29 is 13.2 Å². The fourth-order valence-electron chi connectivity index (χ4n) is 1.98. The van der Waals surface area contributed by atoms with Gasteiger partial charge in [-0.25, -0.2) is 13.2 Å². The molecule has 0 fully saturated rings. The van der Waals surface area contributed by atoms with Crippen LogP contribution in [0.1, 0.15) is 40.0 Å². The molecule has 0 spiro atoms. The van der Waals surface area contributed by atoms with Crippen LogP contribution in [0.15, 0.2) is 23.0 Å². The molecule has 0 bridgehead atoms. The predicted molar refractivity (Wildman–Crippen MR) is 55.5 cm³/mol. The molecule has 0 amide bonds. The highest BCUT2D eigenvalue weighted by atomic mass is 19.3. The van der Waals surface area contributed by atoms with E-state index in [9.17, 15) is 13.2 Å². The third kappa shape index (κ3) is 2.86. The summed E-state index contributed by atoms with van der Waals surface area (Å²) in [7, 11) is 0. The van der Waals surface area contributed by atoms with Gasteiger partial charge in [-0.1, -0.05) is 19.4 Å². The SMILES string of the molecule is CCCC1C=C(C(C)(F)F)C(C)=C(F)C1. The van der Waals surface area contributed by atoms with Crippen molar-refractivity contribution in [1.82, 2.24) is 0 Å². The lowest BCUT2D eigenvalue weighted by atomic mass is 9.85. The zero-order valence-corrected chi connectivity index (χ0v) is 9.41. The van der Waals surface area contributed by atoms with E-state index in [0.29, 0.717) is 0 Å². The Labute approximate surface area is 88.9 Å². The van der Waals surface area contributed by atoms with Gasteiger partial charge in [0, 0.05) is 18.9 Å². The molecule has 1 atom stereocenters. The molecule has 0 saturated heterocycles. The lowest BCUT2D eigenvalue weighted by Crippen LogP contribution is -2.20. The number of rotatable bonds is 3. The van der Waals surface area contributed by atoms with Crippen molar-refractivity contribution in [2.75, 3.05) is 0 Å². The van der Waals surface area contributed by atoms with Crippen LogP contribution in [0.2, 0.25) is 0 Å². The Morgan fingerprint density at radius 1 is 1.47 bits per heavy atom. The standard InChI is InChI=1S/C12H17F3/c1-4-5-9-6-10(12(3,14)15)8(2)11(13)7-9/h6,9H,4-5,7H2,1-3H3. The van der Waals surface area contributed by atoms with Gasteiger partial charge in [-0.3, -0.25) is 0 Å². The predicted octanol–water partition coefficient (Wildman–Crippen LogP) is 4.63. The van der Waals surface area contributed by atoms with Crippen LogP contribution in [0.25, 0.3) is 0 Å². The van der Waals surface area contributed by atoms with Crippen molar-refractivity contribution in [1.29, 1.82) is 0 Å². The maximum absolute atomic E-state index is 13.4. The highest BCUT2D eigenvalue weighted by Gasteiger charge is 2.33. The third-order valence-electron chi connectivity index (χ3n) is 2.79. The third-order valence-corrected chi connectivity index (χ3v) is 2.79. The summed E-state index contributed by atoms with van der Waals surface area (Å²) < 4.78 is 39.8. The van der Waals surface area contributed by atoms with Crippen LogP contribution in [-0.4, -0.2) is 5.92 Å². The fraction of sp³-hybridized carbons (Fsp3) is 0.667. The first kappa shape index (κ1) is 12.3. The molecule has 0 N–H and O–H groups in total. The van der Waals surface area contributed by atoms with E-state index in [1.54, 1.807) is 6.08 Å². The van der Waals surface area contributed by atoms with E-state index in [2.05, 4.69) is 0 Å². The Bertz CT molecular complexity index is 294. The summed E-state index contributed by atoms with van der Waals surface area (Å²) in [6.07, 6.45) is 3.47. The molecule has 1 rings (SSSR count). The highest BCUT2D eigenvalue weighted by Crippen LogP contribution is 2.39. The zero-order chi connectivity index (χ0) is 11.6. The summed E-state index contributed by atoms with van der Waals surface area (Å²) >= 11 is 0. The van der Waals surface area contributed by atoms with Crippen molar-refractivity contribution in [3.8, 4) is 0 Å². The van der Waals surface area contributed by atoms with Gasteiger partial charge >= 0.3 is 0 Å². The van der Waals surface area contributed by atoms with Crippen molar-refractivity contribution >= 4 is 0 Å². The Morgan fingerprint density at radius 3 is 2.53 bits per heavy atom. The van der Waals surface area contributed by atoms with Crippen molar-refractivity contribution in [2.45, 2.75) is 46.0 Å². The summed E-state index contributed by atoms with van der Waals surface area (Å²) in [5.74, 6) is -3.39. The molecular formula is C12H17F3. The van der Waals surface area contributed by atoms with Crippen molar-refractivity contribution in [2.24, 2.45) is 5.92 Å². The van der Waals surface area contributed by atoms with E-state index in [1.165, 1.54) is 6.92 Å². The second kappa shape index (κ2) is 4.42. The molecule has 86 valence electrons. The van der Waals surface area contributed by atoms with Crippen LogP contribution < -0.4 is 0 Å². The number of allylic oxidation sites excluding steroid dienone is 4. The topological polar surface area (TPSA) is 0 Å². The van der Waals surface area contributed by atoms with E-state index >= 15 is 0 Å². The number of hydrogen-bond acceptors (Lipinski definition) is 0. The molecule has 3 heteroatoms. The molecule has 0 aliphatic heterocycles. The average molecular weight is 218 g/mol. The monoisotopic (exact) mass is 218 g/mol. The Morgan fingerprint density at radius 2 is 2.07 bits per heavy atom. The van der Waals surface area contributed by atoms with E-state index in [4.69, 9.17) is 0 Å². The first-order chi connectivity index (χ1) is 6.86. The maximum atomic E-state index is 13.4. The maximum Gasteiger partial charge on any atom is 0.270 e. The van der Waals surface area contributed by atoms with Gasteiger partial charge in [0.15, 0.2) is 0 Å². The first-order valence-electron chi connectivity index (χ1n) is 5.32. The zero-order valence-electron chi connectivity index (χ0n) is 9.41. The smallest absolute Gasteiger partial charge is 0.212 e. The van der Waals surface area contributed by atoms with E-state index in [-0.39, 0.29) is 29.3 Å². The second-order valence-electron chi connectivity index (χ2n) is 4.25. The minimum absolute atomic E-state index is 0.0699. The van der Waals surface area contributed by atoms with Gasteiger partial charge in [-0.05, 0) is 24.8 Å². The summed E-state index contributed by atoms with van der Waals surface area (Å²) in [6.45, 7) is 4.23. The van der Waals surface area contributed by atoms with Crippen LogP contribution in [0.3, 0.4) is 0 Å². The van der Waals surface area contributed by atoms with Gasteiger partial charge in [-0.15, -0.1) is 0 Å². The summed E-state index contributed by atoms with van der Waals surface area (Å²) in [5, 5.41) is 0. The van der Waals surface area contributed by atoms with Gasteiger partial charge in [-0.2, -0.15) is 0 Å². The normalized spacial score (nSPS) is 23.1. The number of hydrogen-bond donors (Lipinski definition) is 0. The van der Waals surface area contributed by atoms with E-state index in [1.807, 2.05) is 6.92 Å². The highest BCUT2D eigenvalue weighted by molar-refractivity contribution is 5.39. The van der Waals surface area contributed by atoms with Crippen LogP contribution in [0.5, 0.6) is 0 Å². The number of alkyl halides is 2. The Balaban J connectivity index is 2.98. The van der Waals surface area contributed by atoms with Crippen LogP contribution in [0.4, 0.5) is 13.2 Å². The minimum Gasteiger partial charge on any atom is -0.212 e. The first-order valence-corrected chi connectivity index (χ1v) is 5.32. The molecule has 0 heterocycles.